The molecule has 2 heterocycles. The predicted octanol–water partition coefficient (Wildman–Crippen LogP) is -0.971. The summed E-state index contributed by atoms with van der Waals surface area (Å²) in [6, 6.07) is 10.8. The number of hydrogen-bond donors (Lipinski definition) is 4. The van der Waals surface area contributed by atoms with Crippen molar-refractivity contribution in [1.29, 1.82) is 0 Å². The summed E-state index contributed by atoms with van der Waals surface area (Å²) in [7, 11) is 3.14. The van der Waals surface area contributed by atoms with Crippen LogP contribution in [0.3, 0.4) is 0 Å². The summed E-state index contributed by atoms with van der Waals surface area (Å²) in [6.07, 6.45) is 3.28. The van der Waals surface area contributed by atoms with Crippen LogP contribution in [-0.4, -0.2) is 70.9 Å². The molecule has 0 atom stereocenters. The number of rotatable bonds is 4. The van der Waals surface area contributed by atoms with Gasteiger partial charge in [0.05, 0.1) is 5.09 Å². The van der Waals surface area contributed by atoms with E-state index in [1.807, 2.05) is 12.1 Å². The topological polar surface area (TPSA) is 218 Å². The van der Waals surface area contributed by atoms with E-state index in [1.54, 1.807) is 50.8 Å². The van der Waals surface area contributed by atoms with Crippen LogP contribution >= 0.6 is 0 Å². The van der Waals surface area contributed by atoms with Crippen molar-refractivity contribution in [2.75, 3.05) is 14.1 Å². The van der Waals surface area contributed by atoms with Crippen LogP contribution in [-0.2, 0) is 25.3 Å². The fraction of sp³-hybridized carbons (Fsp3) is 0.125. The molecule has 2 aromatic rings. The number of nitrogens with one attached hydrogen (secondary N) is 2. The van der Waals surface area contributed by atoms with Crippen molar-refractivity contribution in [3.63, 3.8) is 0 Å². The molecule has 0 fully saturated rings. The van der Waals surface area contributed by atoms with E-state index in [0.717, 1.165) is 0 Å². The zero-order valence-electron chi connectivity index (χ0n) is 17.5. The number of pyridine rings is 2. The van der Waals surface area contributed by atoms with Gasteiger partial charge in [0.25, 0.3) is 0 Å². The number of nitrogens with two attached hydrogens (primary N) is 2. The van der Waals surface area contributed by atoms with Crippen molar-refractivity contribution < 1.29 is 5.09 Å². The Morgan fingerprint density at radius 1 is 0.879 bits per heavy atom. The fourth-order valence-electron chi connectivity index (χ4n) is 1.46. The third-order valence-corrected chi connectivity index (χ3v) is 3.35. The van der Waals surface area contributed by atoms with E-state index in [1.165, 1.54) is 0 Å². The van der Waals surface area contributed by atoms with Gasteiger partial charge in [-0.25, -0.2) is 0 Å². The molecule has 0 saturated heterocycles. The number of hydrogen-bond acceptors (Lipinski definition) is 11. The second-order valence-electron chi connectivity index (χ2n) is 4.93. The van der Waals surface area contributed by atoms with E-state index in [0.29, 0.717) is 11.4 Å². The van der Waals surface area contributed by atoms with Gasteiger partial charge >= 0.3 is 19.8 Å². The Morgan fingerprint density at radius 3 is 1.45 bits per heavy atom. The van der Waals surface area contributed by atoms with E-state index in [-0.39, 0.29) is 41.8 Å². The third-order valence-electron chi connectivity index (χ3n) is 2.80. The monoisotopic (exact) mass is 547 g/mol. The minimum absolute atomic E-state index is 0. The third kappa shape index (κ3) is 16.8. The normalized spacial score (nSPS) is 11.5. The largest absolute Gasteiger partial charge is 3.00 e. The number of hydrazone groups is 2. The van der Waals surface area contributed by atoms with E-state index in [9.17, 15) is 0 Å². The van der Waals surface area contributed by atoms with Gasteiger partial charge in [0.1, 0.15) is 11.4 Å². The minimum atomic E-state index is -1.75. The first-order chi connectivity index (χ1) is 15.2. The smallest absolute Gasteiger partial charge is 0.741 e. The van der Waals surface area contributed by atoms with Gasteiger partial charge in [-0.3, -0.25) is 30.8 Å². The summed E-state index contributed by atoms with van der Waals surface area (Å²) >= 11 is 9.53. The summed E-state index contributed by atoms with van der Waals surface area (Å²) in [5, 5.41) is 22.9. The molecule has 6 N–H and O–H groups in total. The van der Waals surface area contributed by atoms with E-state index < -0.39 is 5.09 Å². The molecule has 0 aliphatic rings. The van der Waals surface area contributed by atoms with Crippen molar-refractivity contribution in [2.45, 2.75) is 0 Å². The summed E-state index contributed by atoms with van der Waals surface area (Å²) < 4.78 is 0. The average molecular weight is 548 g/mol. The van der Waals surface area contributed by atoms with Gasteiger partial charge in [-0.2, -0.15) is 10.2 Å². The van der Waals surface area contributed by atoms with Crippen LogP contribution in [0.4, 0.5) is 0 Å². The van der Waals surface area contributed by atoms with Crippen LogP contribution in [0.1, 0.15) is 11.4 Å². The minimum Gasteiger partial charge on any atom is -0.741 e. The van der Waals surface area contributed by atoms with Crippen LogP contribution < -0.4 is 22.3 Å². The quantitative estimate of drug-likeness (QED) is 0.0910. The van der Waals surface area contributed by atoms with Crippen LogP contribution in [0.25, 0.3) is 0 Å². The number of nitrogens with zero attached hydrogens (tertiary/aromatic N) is 7. The maximum absolute atomic E-state index is 8.25. The fourth-order valence-corrected chi connectivity index (χ4v) is 1.55. The maximum atomic E-state index is 8.25. The molecular formula is C16H20GaN11O3S2. The molecule has 0 amide bonds. The Kier molecular flexibility index (Phi) is 18.4. The van der Waals surface area contributed by atoms with Crippen molar-refractivity contribution in [2.24, 2.45) is 31.7 Å². The second kappa shape index (κ2) is 19.2. The van der Waals surface area contributed by atoms with E-state index >= 15 is 0 Å². The first kappa shape index (κ1) is 31.6. The molecule has 0 aliphatic heterocycles. The summed E-state index contributed by atoms with van der Waals surface area (Å²) in [5.74, 6) is 0.549. The molecule has 172 valence electrons. The van der Waals surface area contributed by atoms with Gasteiger partial charge in [0.15, 0.2) is 11.7 Å². The molecule has 0 saturated carbocycles. The Morgan fingerprint density at radius 2 is 1.21 bits per heavy atom. The second-order valence-corrected chi connectivity index (χ2v) is 5.70. The van der Waals surface area contributed by atoms with Gasteiger partial charge in [0, 0.05) is 26.5 Å². The predicted molar refractivity (Wildman–Crippen MR) is 134 cm³/mol. The Balaban J connectivity index is 0. The van der Waals surface area contributed by atoms with Crippen LogP contribution in [0.2, 0.25) is 0 Å². The average Bonchev–Trinajstić information content (AvgIpc) is 2.81. The van der Waals surface area contributed by atoms with Crippen molar-refractivity contribution in [3.05, 3.63) is 75.5 Å². The molecule has 0 bridgehead atoms. The molecule has 17 heteroatoms. The molecule has 0 unspecified atom stereocenters. The van der Waals surface area contributed by atoms with Gasteiger partial charge in [-0.1, -0.05) is 12.1 Å². The van der Waals surface area contributed by atoms with Gasteiger partial charge in [0.2, 0.25) is 0 Å². The number of aromatic nitrogens is 2. The Hall–Kier alpha value is -3.54. The summed E-state index contributed by atoms with van der Waals surface area (Å²) in [5.41, 5.74) is 17.5. The zero-order chi connectivity index (χ0) is 24.4. The SMILES string of the molecule is CN=C([S-])N/N=C(\N)c1ccccn1.CN=C([S-])N/N=C(\N)c1ccccn1.O=[N+]([O-])[O-].[Ga+3]. The molecule has 0 aromatic carbocycles. The van der Waals surface area contributed by atoms with Crippen molar-refractivity contribution in [1.82, 2.24) is 20.8 Å². The van der Waals surface area contributed by atoms with Gasteiger partial charge < -0.3 is 52.0 Å². The zero-order valence-corrected chi connectivity index (χ0v) is 21.6. The Bertz CT molecular complexity index is 870. The van der Waals surface area contributed by atoms with Crippen LogP contribution in [0, 0.1) is 15.3 Å². The first-order valence-corrected chi connectivity index (χ1v) is 9.13. The Labute approximate surface area is 213 Å². The van der Waals surface area contributed by atoms with E-state index in [4.69, 9.17) is 52.0 Å². The molecule has 0 radical (unpaired) electrons. The molecule has 2 rings (SSSR count). The summed E-state index contributed by atoms with van der Waals surface area (Å²) in [6.45, 7) is 0. The first-order valence-electron chi connectivity index (χ1n) is 8.31. The van der Waals surface area contributed by atoms with E-state index in [2.05, 4.69) is 41.0 Å². The standard InChI is InChI=1S/2C8H11N5S.Ga.NO3/c2*1-10-8(14)13-12-7(9)6-4-2-3-5-11-6;;2-1(3)4/h2*2-5H,1H3,(H2,9,12)(H2,10,13,14);;/q;;+3;-1/p-2. The van der Waals surface area contributed by atoms with Gasteiger partial charge in [-0.05, 0) is 34.6 Å². The molecule has 33 heavy (non-hydrogen) atoms. The summed E-state index contributed by atoms with van der Waals surface area (Å²) in [4.78, 5) is 23.7. The van der Waals surface area contributed by atoms with Crippen LogP contribution in [0.5, 0.6) is 0 Å². The van der Waals surface area contributed by atoms with Crippen molar-refractivity contribution >= 4 is 67.1 Å². The molecule has 0 spiro atoms. The molecule has 0 aliphatic carbocycles. The number of aliphatic imine (C=N–C) groups is 2. The van der Waals surface area contributed by atoms with Crippen LogP contribution in [0.15, 0.2) is 69.0 Å². The molecule has 2 aromatic heterocycles. The van der Waals surface area contributed by atoms with Gasteiger partial charge in [-0.15, -0.1) is 0 Å². The molecular weight excluding hydrogens is 528 g/mol. The number of amidine groups is 4. The van der Waals surface area contributed by atoms with Crippen molar-refractivity contribution in [3.8, 4) is 0 Å². The molecule has 14 nitrogen and oxygen atoms in total. The maximum Gasteiger partial charge on any atom is 3.00 e.